The van der Waals surface area contributed by atoms with Gasteiger partial charge in [0.1, 0.15) is 0 Å². The monoisotopic (exact) mass is 329 g/mol. The third kappa shape index (κ3) is 2.32. The Morgan fingerprint density at radius 1 is 1.10 bits per heavy atom. The SMILES string of the molecule is Cc1ccccc1N=Nc1c(O)[nH]c2ccc(Br)cc12. The lowest BCUT2D eigenvalue weighted by Crippen LogP contribution is -1.71. The molecule has 0 saturated heterocycles. The summed E-state index contributed by atoms with van der Waals surface area (Å²) in [5, 5.41) is 19.2. The van der Waals surface area contributed by atoms with Crippen LogP contribution in [0.4, 0.5) is 11.4 Å². The van der Waals surface area contributed by atoms with Crippen molar-refractivity contribution in [1.29, 1.82) is 0 Å². The Morgan fingerprint density at radius 2 is 1.90 bits per heavy atom. The average molecular weight is 330 g/mol. The van der Waals surface area contributed by atoms with Crippen molar-refractivity contribution in [1.82, 2.24) is 4.98 Å². The van der Waals surface area contributed by atoms with E-state index in [2.05, 4.69) is 31.1 Å². The van der Waals surface area contributed by atoms with Crippen LogP contribution < -0.4 is 0 Å². The molecule has 0 amide bonds. The van der Waals surface area contributed by atoms with Gasteiger partial charge in [0.05, 0.1) is 11.2 Å². The largest absolute Gasteiger partial charge is 0.493 e. The fraction of sp³-hybridized carbons (Fsp3) is 0.0667. The quantitative estimate of drug-likeness (QED) is 0.611. The standard InChI is InChI=1S/C15H12BrN3O/c1-9-4-2-3-5-12(9)18-19-14-11-8-10(16)6-7-13(11)17-15(14)20/h2-8,17,20H,1H3. The Balaban J connectivity index is 2.09. The summed E-state index contributed by atoms with van der Waals surface area (Å²) < 4.78 is 0.927. The molecule has 0 unspecified atom stereocenters. The van der Waals surface area contributed by atoms with Gasteiger partial charge in [-0.1, -0.05) is 34.1 Å². The van der Waals surface area contributed by atoms with E-state index >= 15 is 0 Å². The van der Waals surface area contributed by atoms with E-state index in [1.165, 1.54) is 0 Å². The summed E-state index contributed by atoms with van der Waals surface area (Å²) in [5.74, 6) is 0.0236. The molecule has 20 heavy (non-hydrogen) atoms. The zero-order chi connectivity index (χ0) is 14.1. The fourth-order valence-corrected chi connectivity index (χ4v) is 2.38. The van der Waals surface area contributed by atoms with Crippen LogP contribution in [0.25, 0.3) is 10.9 Å². The normalized spacial score (nSPS) is 11.5. The number of azo groups is 1. The highest BCUT2D eigenvalue weighted by atomic mass is 79.9. The number of aromatic nitrogens is 1. The Kier molecular flexibility index (Phi) is 3.28. The van der Waals surface area contributed by atoms with E-state index < -0.39 is 0 Å². The highest BCUT2D eigenvalue weighted by Crippen LogP contribution is 2.37. The van der Waals surface area contributed by atoms with Gasteiger partial charge in [-0.25, -0.2) is 0 Å². The van der Waals surface area contributed by atoms with E-state index in [0.717, 1.165) is 26.6 Å². The van der Waals surface area contributed by atoms with E-state index in [1.54, 1.807) is 0 Å². The predicted molar refractivity (Wildman–Crippen MR) is 83.0 cm³/mol. The smallest absolute Gasteiger partial charge is 0.218 e. The Labute approximate surface area is 124 Å². The Bertz CT molecular complexity index is 808. The second-order valence-corrected chi connectivity index (χ2v) is 5.41. The molecule has 0 fully saturated rings. The second-order valence-electron chi connectivity index (χ2n) is 4.50. The number of aromatic amines is 1. The summed E-state index contributed by atoms with van der Waals surface area (Å²) in [7, 11) is 0. The maximum atomic E-state index is 9.95. The molecule has 0 aliphatic carbocycles. The van der Waals surface area contributed by atoms with Gasteiger partial charge in [0.25, 0.3) is 0 Å². The number of hydrogen-bond acceptors (Lipinski definition) is 3. The van der Waals surface area contributed by atoms with Crippen LogP contribution in [0.5, 0.6) is 5.88 Å². The van der Waals surface area contributed by atoms with Crippen molar-refractivity contribution in [3.8, 4) is 5.88 Å². The molecule has 0 spiro atoms. The van der Waals surface area contributed by atoms with Gasteiger partial charge in [-0.15, -0.1) is 5.11 Å². The van der Waals surface area contributed by atoms with Crippen LogP contribution in [-0.2, 0) is 0 Å². The number of halogens is 1. The summed E-state index contributed by atoms with van der Waals surface area (Å²) in [6.45, 7) is 1.97. The maximum absolute atomic E-state index is 9.95. The van der Waals surface area contributed by atoms with Crippen molar-refractivity contribution in [3.63, 3.8) is 0 Å². The first-order chi connectivity index (χ1) is 9.65. The van der Waals surface area contributed by atoms with Crippen molar-refractivity contribution >= 4 is 38.2 Å². The molecule has 0 aliphatic heterocycles. The molecule has 3 rings (SSSR count). The minimum Gasteiger partial charge on any atom is -0.493 e. The topological polar surface area (TPSA) is 60.7 Å². The number of hydrogen-bond donors (Lipinski definition) is 2. The molecule has 4 nitrogen and oxygen atoms in total. The van der Waals surface area contributed by atoms with Crippen LogP contribution in [0.3, 0.4) is 0 Å². The molecule has 1 heterocycles. The number of nitrogens with one attached hydrogen (secondary N) is 1. The molecule has 0 aliphatic rings. The van der Waals surface area contributed by atoms with Gasteiger partial charge in [0.2, 0.25) is 5.88 Å². The number of rotatable bonds is 2. The molecule has 0 atom stereocenters. The number of aryl methyl sites for hydroxylation is 1. The van der Waals surface area contributed by atoms with Gasteiger partial charge in [0, 0.05) is 9.86 Å². The van der Waals surface area contributed by atoms with Crippen LogP contribution in [0.1, 0.15) is 5.56 Å². The van der Waals surface area contributed by atoms with E-state index in [-0.39, 0.29) is 5.88 Å². The summed E-state index contributed by atoms with van der Waals surface area (Å²) in [5.41, 5.74) is 3.10. The highest BCUT2D eigenvalue weighted by Gasteiger charge is 2.10. The van der Waals surface area contributed by atoms with Crippen molar-refractivity contribution in [2.75, 3.05) is 0 Å². The van der Waals surface area contributed by atoms with E-state index in [4.69, 9.17) is 0 Å². The number of nitrogens with zero attached hydrogens (tertiary/aromatic N) is 2. The molecule has 0 saturated carbocycles. The van der Waals surface area contributed by atoms with Crippen molar-refractivity contribution in [2.24, 2.45) is 10.2 Å². The second kappa shape index (κ2) is 5.09. The number of aromatic hydroxyl groups is 1. The lowest BCUT2D eigenvalue weighted by atomic mass is 10.2. The molecular weight excluding hydrogens is 318 g/mol. The van der Waals surface area contributed by atoms with Crippen LogP contribution in [0.2, 0.25) is 0 Å². The maximum Gasteiger partial charge on any atom is 0.218 e. The first-order valence-electron chi connectivity index (χ1n) is 6.13. The molecule has 100 valence electrons. The molecule has 2 aromatic carbocycles. The summed E-state index contributed by atoms with van der Waals surface area (Å²) in [6, 6.07) is 13.4. The lowest BCUT2D eigenvalue weighted by Gasteiger charge is -1.97. The molecule has 1 aromatic heterocycles. The van der Waals surface area contributed by atoms with Crippen LogP contribution in [0, 0.1) is 6.92 Å². The number of H-pyrrole nitrogens is 1. The number of fused-ring (bicyclic) bond motifs is 1. The third-order valence-corrected chi connectivity index (χ3v) is 3.58. The van der Waals surface area contributed by atoms with Crippen molar-refractivity contribution in [2.45, 2.75) is 6.92 Å². The highest BCUT2D eigenvalue weighted by molar-refractivity contribution is 9.10. The van der Waals surface area contributed by atoms with Gasteiger partial charge in [0.15, 0.2) is 5.69 Å². The van der Waals surface area contributed by atoms with E-state index in [0.29, 0.717) is 5.69 Å². The van der Waals surface area contributed by atoms with Gasteiger partial charge >= 0.3 is 0 Å². The van der Waals surface area contributed by atoms with Crippen LogP contribution in [-0.4, -0.2) is 10.1 Å². The summed E-state index contributed by atoms with van der Waals surface area (Å²) in [4.78, 5) is 2.89. The minimum absolute atomic E-state index is 0.0236. The lowest BCUT2D eigenvalue weighted by molar-refractivity contribution is 0.459. The molecule has 5 heteroatoms. The van der Waals surface area contributed by atoms with Gasteiger partial charge < -0.3 is 10.1 Å². The van der Waals surface area contributed by atoms with E-state index in [9.17, 15) is 5.11 Å². The zero-order valence-corrected chi connectivity index (χ0v) is 12.3. The van der Waals surface area contributed by atoms with Crippen molar-refractivity contribution < 1.29 is 5.11 Å². The van der Waals surface area contributed by atoms with Crippen LogP contribution >= 0.6 is 15.9 Å². The molecule has 2 N–H and O–H groups in total. The number of benzene rings is 2. The first kappa shape index (κ1) is 12.9. The zero-order valence-electron chi connectivity index (χ0n) is 10.8. The molecular formula is C15H12BrN3O. The molecule has 0 bridgehead atoms. The van der Waals surface area contributed by atoms with E-state index in [1.807, 2.05) is 49.4 Å². The van der Waals surface area contributed by atoms with Gasteiger partial charge in [-0.2, -0.15) is 5.11 Å². The first-order valence-corrected chi connectivity index (χ1v) is 6.92. The minimum atomic E-state index is 0.0236. The summed E-state index contributed by atoms with van der Waals surface area (Å²) >= 11 is 3.42. The predicted octanol–water partition coefficient (Wildman–Crippen LogP) is 5.36. The Morgan fingerprint density at radius 3 is 2.70 bits per heavy atom. The van der Waals surface area contributed by atoms with Gasteiger partial charge in [-0.05, 0) is 36.8 Å². The average Bonchev–Trinajstić information content (AvgIpc) is 2.73. The van der Waals surface area contributed by atoms with Crippen molar-refractivity contribution in [3.05, 3.63) is 52.5 Å². The Hall–Kier alpha value is -2.14. The van der Waals surface area contributed by atoms with Gasteiger partial charge in [-0.3, -0.25) is 0 Å². The summed E-state index contributed by atoms with van der Waals surface area (Å²) in [6.07, 6.45) is 0. The fourth-order valence-electron chi connectivity index (χ4n) is 2.02. The van der Waals surface area contributed by atoms with Crippen LogP contribution in [0.15, 0.2) is 57.2 Å². The molecule has 3 aromatic rings. The molecule has 0 radical (unpaired) electrons. The third-order valence-electron chi connectivity index (χ3n) is 3.09.